The van der Waals surface area contributed by atoms with Gasteiger partial charge in [0, 0.05) is 30.6 Å². The summed E-state index contributed by atoms with van der Waals surface area (Å²) in [7, 11) is -3.65. The first kappa shape index (κ1) is 17.4. The van der Waals surface area contributed by atoms with Crippen molar-refractivity contribution in [2.24, 2.45) is 5.92 Å². The van der Waals surface area contributed by atoms with Gasteiger partial charge in [-0.25, -0.2) is 13.1 Å². The highest BCUT2D eigenvalue weighted by molar-refractivity contribution is 7.89. The third kappa shape index (κ3) is 4.13. The van der Waals surface area contributed by atoms with Gasteiger partial charge in [-0.1, -0.05) is 17.7 Å². The zero-order valence-corrected chi connectivity index (χ0v) is 14.6. The molecule has 1 N–H and O–H groups in total. The predicted molar refractivity (Wildman–Crippen MR) is 92.3 cm³/mol. The zero-order valence-electron chi connectivity index (χ0n) is 13.1. The number of benzene rings is 1. The van der Waals surface area contributed by atoms with Crippen LogP contribution < -0.4 is 4.72 Å². The fourth-order valence-electron chi connectivity index (χ4n) is 2.89. The summed E-state index contributed by atoms with van der Waals surface area (Å²) in [5.74, 6) is 0.171. The van der Waals surface area contributed by atoms with Gasteiger partial charge in [0.05, 0.1) is 10.9 Å². The molecule has 1 saturated heterocycles. The van der Waals surface area contributed by atoms with Crippen molar-refractivity contribution in [2.75, 3.05) is 13.2 Å². The average molecular weight is 367 g/mol. The summed E-state index contributed by atoms with van der Waals surface area (Å²) in [6, 6.07) is 9.55. The van der Waals surface area contributed by atoms with E-state index in [1.165, 1.54) is 12.1 Å². The fourth-order valence-corrected chi connectivity index (χ4v) is 4.31. The lowest BCUT2D eigenvalue weighted by molar-refractivity contribution is 0.0564. The van der Waals surface area contributed by atoms with E-state index in [9.17, 15) is 8.42 Å². The number of rotatable bonds is 5. The van der Waals surface area contributed by atoms with E-state index in [1.54, 1.807) is 24.5 Å². The number of hydrogen-bond donors (Lipinski definition) is 1. The number of ether oxygens (including phenoxy) is 1. The van der Waals surface area contributed by atoms with E-state index in [-0.39, 0.29) is 16.9 Å². The fraction of sp³-hybridized carbons (Fsp3) is 0.353. The van der Waals surface area contributed by atoms with Gasteiger partial charge in [0.1, 0.15) is 0 Å². The number of hydrogen-bond acceptors (Lipinski definition) is 4. The smallest absolute Gasteiger partial charge is 0.241 e. The van der Waals surface area contributed by atoms with E-state index in [0.29, 0.717) is 18.2 Å². The van der Waals surface area contributed by atoms with E-state index in [4.69, 9.17) is 16.3 Å². The predicted octanol–water partition coefficient (Wildman–Crippen LogP) is 3.18. The molecule has 0 bridgehead atoms. The van der Waals surface area contributed by atoms with Crippen LogP contribution in [0.4, 0.5) is 0 Å². The number of sulfonamides is 1. The molecule has 1 atom stereocenters. The van der Waals surface area contributed by atoms with Gasteiger partial charge < -0.3 is 4.74 Å². The molecule has 7 heteroatoms. The minimum absolute atomic E-state index is 0.171. The summed E-state index contributed by atoms with van der Waals surface area (Å²) in [5.41, 5.74) is 0.863. The second kappa shape index (κ2) is 7.61. The van der Waals surface area contributed by atoms with Crippen LogP contribution in [-0.4, -0.2) is 26.6 Å². The average Bonchev–Trinajstić information content (AvgIpc) is 2.62. The van der Waals surface area contributed by atoms with Gasteiger partial charge in [-0.15, -0.1) is 0 Å². The highest BCUT2D eigenvalue weighted by Crippen LogP contribution is 2.31. The van der Waals surface area contributed by atoms with Gasteiger partial charge >= 0.3 is 0 Å². The Morgan fingerprint density at radius 1 is 1.17 bits per heavy atom. The maximum atomic E-state index is 12.8. The van der Waals surface area contributed by atoms with Crippen LogP contribution in [0.1, 0.15) is 24.4 Å². The van der Waals surface area contributed by atoms with Crippen molar-refractivity contribution in [1.29, 1.82) is 0 Å². The van der Waals surface area contributed by atoms with Crippen LogP contribution in [0, 0.1) is 5.92 Å². The maximum Gasteiger partial charge on any atom is 0.241 e. The Morgan fingerprint density at radius 2 is 1.88 bits per heavy atom. The van der Waals surface area contributed by atoms with Crippen molar-refractivity contribution < 1.29 is 13.2 Å². The van der Waals surface area contributed by atoms with Crippen molar-refractivity contribution in [3.8, 4) is 0 Å². The molecule has 0 aliphatic carbocycles. The van der Waals surface area contributed by atoms with Gasteiger partial charge in [0.25, 0.3) is 0 Å². The minimum Gasteiger partial charge on any atom is -0.381 e. The number of nitrogens with one attached hydrogen (secondary N) is 1. The second-order valence-corrected chi connectivity index (χ2v) is 7.94. The van der Waals surface area contributed by atoms with Crippen molar-refractivity contribution >= 4 is 21.6 Å². The monoisotopic (exact) mass is 366 g/mol. The molecule has 0 amide bonds. The molecule has 1 aliphatic heterocycles. The number of pyridine rings is 1. The SMILES string of the molecule is O=S(=O)(NC(c1cccnc1)C1CCOCC1)c1ccc(Cl)cc1. The lowest BCUT2D eigenvalue weighted by Crippen LogP contribution is -2.36. The first-order chi connectivity index (χ1) is 11.6. The van der Waals surface area contributed by atoms with Gasteiger partial charge in [-0.3, -0.25) is 4.98 Å². The molecule has 0 spiro atoms. The van der Waals surface area contributed by atoms with Crippen molar-refractivity contribution in [3.05, 3.63) is 59.4 Å². The third-order valence-corrected chi connectivity index (χ3v) is 5.90. The number of aromatic nitrogens is 1. The molecule has 128 valence electrons. The summed E-state index contributed by atoms with van der Waals surface area (Å²) in [6.45, 7) is 1.29. The second-order valence-electron chi connectivity index (χ2n) is 5.79. The summed E-state index contributed by atoms with van der Waals surface area (Å²) in [6.07, 6.45) is 5.01. The van der Waals surface area contributed by atoms with Crippen LogP contribution >= 0.6 is 11.6 Å². The Bertz CT molecular complexity index is 760. The zero-order chi connectivity index (χ0) is 17.0. The van der Waals surface area contributed by atoms with E-state index >= 15 is 0 Å². The molecule has 1 aromatic carbocycles. The van der Waals surface area contributed by atoms with Crippen molar-refractivity contribution in [3.63, 3.8) is 0 Å². The Morgan fingerprint density at radius 3 is 2.50 bits per heavy atom. The Hall–Kier alpha value is -1.47. The Balaban J connectivity index is 1.89. The van der Waals surface area contributed by atoms with Gasteiger partial charge in [-0.2, -0.15) is 0 Å². The summed E-state index contributed by atoms with van der Waals surface area (Å²) >= 11 is 5.85. The number of nitrogens with zero attached hydrogens (tertiary/aromatic N) is 1. The summed E-state index contributed by atoms with van der Waals surface area (Å²) in [4.78, 5) is 4.33. The molecule has 5 nitrogen and oxygen atoms in total. The molecular weight excluding hydrogens is 348 g/mol. The lowest BCUT2D eigenvalue weighted by Gasteiger charge is -2.31. The molecule has 0 saturated carbocycles. The summed E-state index contributed by atoms with van der Waals surface area (Å²) < 4.78 is 33.8. The Kier molecular flexibility index (Phi) is 5.50. The van der Waals surface area contributed by atoms with Gasteiger partial charge in [-0.05, 0) is 54.7 Å². The quantitative estimate of drug-likeness (QED) is 0.882. The van der Waals surface area contributed by atoms with Crippen LogP contribution in [0.3, 0.4) is 0 Å². The highest BCUT2D eigenvalue weighted by atomic mass is 35.5. The molecule has 0 radical (unpaired) electrons. The van der Waals surface area contributed by atoms with Crippen LogP contribution in [-0.2, 0) is 14.8 Å². The molecule has 2 heterocycles. The van der Waals surface area contributed by atoms with Gasteiger partial charge in [0.2, 0.25) is 10.0 Å². The molecular formula is C17H19ClN2O3S. The third-order valence-electron chi connectivity index (χ3n) is 4.19. The van der Waals surface area contributed by atoms with Crippen LogP contribution in [0.15, 0.2) is 53.7 Å². The maximum absolute atomic E-state index is 12.8. The standard InChI is InChI=1S/C17H19ClN2O3S/c18-15-3-5-16(6-4-15)24(21,22)20-17(13-7-10-23-11-8-13)14-2-1-9-19-12-14/h1-6,9,12-13,17,20H,7-8,10-11H2. The van der Waals surface area contributed by atoms with E-state index < -0.39 is 10.0 Å². The molecule has 1 aromatic heterocycles. The molecule has 1 aliphatic rings. The first-order valence-electron chi connectivity index (χ1n) is 7.82. The van der Waals surface area contributed by atoms with E-state index in [0.717, 1.165) is 18.4 Å². The van der Waals surface area contributed by atoms with Crippen molar-refractivity contribution in [2.45, 2.75) is 23.8 Å². The molecule has 24 heavy (non-hydrogen) atoms. The first-order valence-corrected chi connectivity index (χ1v) is 9.68. The normalized spacial score (nSPS) is 17.5. The minimum atomic E-state index is -3.65. The van der Waals surface area contributed by atoms with Crippen LogP contribution in [0.5, 0.6) is 0 Å². The van der Waals surface area contributed by atoms with Crippen molar-refractivity contribution in [1.82, 2.24) is 9.71 Å². The van der Waals surface area contributed by atoms with E-state index in [2.05, 4.69) is 9.71 Å². The molecule has 2 aromatic rings. The molecule has 1 unspecified atom stereocenters. The van der Waals surface area contributed by atoms with E-state index in [1.807, 2.05) is 12.1 Å². The molecule has 3 rings (SSSR count). The summed E-state index contributed by atoms with van der Waals surface area (Å²) in [5, 5.41) is 0.502. The highest BCUT2D eigenvalue weighted by Gasteiger charge is 2.30. The topological polar surface area (TPSA) is 68.3 Å². The Labute approximate surface area is 147 Å². The number of halogens is 1. The molecule has 1 fully saturated rings. The largest absolute Gasteiger partial charge is 0.381 e. The lowest BCUT2D eigenvalue weighted by atomic mass is 9.88. The van der Waals surface area contributed by atoms with Gasteiger partial charge in [0.15, 0.2) is 0 Å². The van der Waals surface area contributed by atoms with Crippen LogP contribution in [0.2, 0.25) is 5.02 Å². The van der Waals surface area contributed by atoms with Crippen LogP contribution in [0.25, 0.3) is 0 Å².